The Morgan fingerprint density at radius 2 is 1.97 bits per heavy atom. The summed E-state index contributed by atoms with van der Waals surface area (Å²) in [5.74, 6) is 0.250. The fraction of sp³-hybridized carbons (Fsp3) is 0.478. The molecule has 1 aromatic carbocycles. The van der Waals surface area contributed by atoms with Gasteiger partial charge in [0.2, 0.25) is 0 Å². The second kappa shape index (κ2) is 9.80. The third kappa shape index (κ3) is 4.36. The maximum Gasteiger partial charge on any atom is 0.336 e. The van der Waals surface area contributed by atoms with Gasteiger partial charge in [-0.25, -0.2) is 4.79 Å². The summed E-state index contributed by atoms with van der Waals surface area (Å²) in [5, 5.41) is 3.28. The van der Waals surface area contributed by atoms with Gasteiger partial charge < -0.3 is 24.3 Å². The Balaban J connectivity index is 2.08. The molecule has 30 heavy (non-hydrogen) atoms. The number of carbonyl (C=O) groups excluding carboxylic acids is 2. The highest BCUT2D eigenvalue weighted by atomic mass is 16.6. The molecule has 0 bridgehead atoms. The summed E-state index contributed by atoms with van der Waals surface area (Å²) in [5.41, 5.74) is 3.44. The zero-order valence-corrected chi connectivity index (χ0v) is 18.0. The van der Waals surface area contributed by atoms with Gasteiger partial charge in [0.25, 0.3) is 0 Å². The van der Waals surface area contributed by atoms with E-state index in [2.05, 4.69) is 5.32 Å². The highest BCUT2D eigenvalue weighted by Gasteiger charge is 2.39. The van der Waals surface area contributed by atoms with Crippen LogP contribution in [0.1, 0.15) is 44.6 Å². The first-order valence-corrected chi connectivity index (χ1v) is 10.2. The van der Waals surface area contributed by atoms with Crippen molar-refractivity contribution in [3.05, 3.63) is 46.3 Å². The normalized spacial score (nSPS) is 18.7. The SMILES string of the molecule is CCOc1ccc(C2C(C(=O)OCCOC)=C(C)NC3=C2C(=O)CCC3)cc1OC. The summed E-state index contributed by atoms with van der Waals surface area (Å²) < 4.78 is 21.5. The van der Waals surface area contributed by atoms with E-state index in [0.29, 0.717) is 48.0 Å². The summed E-state index contributed by atoms with van der Waals surface area (Å²) >= 11 is 0. The lowest BCUT2D eigenvalue weighted by molar-refractivity contribution is -0.140. The van der Waals surface area contributed by atoms with Crippen LogP contribution in [0.4, 0.5) is 0 Å². The number of hydrogen-bond acceptors (Lipinski definition) is 7. The van der Waals surface area contributed by atoms with Crippen LogP contribution < -0.4 is 14.8 Å². The first-order valence-electron chi connectivity index (χ1n) is 10.2. The van der Waals surface area contributed by atoms with Crippen molar-refractivity contribution in [2.24, 2.45) is 0 Å². The van der Waals surface area contributed by atoms with Crippen molar-refractivity contribution in [2.75, 3.05) is 34.0 Å². The maximum absolute atomic E-state index is 13.0. The Labute approximate surface area is 177 Å². The summed E-state index contributed by atoms with van der Waals surface area (Å²) in [6, 6.07) is 5.53. The van der Waals surface area contributed by atoms with E-state index in [-0.39, 0.29) is 12.4 Å². The number of carbonyl (C=O) groups is 2. The van der Waals surface area contributed by atoms with Gasteiger partial charge in [0.05, 0.1) is 25.9 Å². The van der Waals surface area contributed by atoms with E-state index in [1.807, 2.05) is 32.0 Å². The second-order valence-electron chi connectivity index (χ2n) is 7.24. The molecule has 0 fully saturated rings. The molecule has 2 aliphatic rings. The molecule has 0 aromatic heterocycles. The predicted octanol–water partition coefficient (Wildman–Crippen LogP) is 3.25. The lowest BCUT2D eigenvalue weighted by atomic mass is 9.75. The molecule has 1 aliphatic heterocycles. The number of ketones is 1. The molecule has 0 spiro atoms. The molecule has 7 nitrogen and oxygen atoms in total. The Bertz CT molecular complexity index is 886. The third-order valence-corrected chi connectivity index (χ3v) is 5.34. The van der Waals surface area contributed by atoms with Crippen LogP contribution >= 0.6 is 0 Å². The number of dihydropyridines is 1. The van der Waals surface area contributed by atoms with Gasteiger partial charge in [0.15, 0.2) is 17.3 Å². The van der Waals surface area contributed by atoms with Crippen LogP contribution in [-0.4, -0.2) is 45.8 Å². The molecule has 7 heteroatoms. The fourth-order valence-corrected chi connectivity index (χ4v) is 4.02. The smallest absolute Gasteiger partial charge is 0.336 e. The van der Waals surface area contributed by atoms with Crippen LogP contribution in [0.15, 0.2) is 40.7 Å². The first-order chi connectivity index (χ1) is 14.5. The van der Waals surface area contributed by atoms with Gasteiger partial charge in [-0.1, -0.05) is 6.07 Å². The molecule has 1 aromatic rings. The summed E-state index contributed by atoms with van der Waals surface area (Å²) in [6.07, 6.45) is 2.04. The number of ether oxygens (including phenoxy) is 4. The topological polar surface area (TPSA) is 83.1 Å². The van der Waals surface area contributed by atoms with Crippen molar-refractivity contribution in [3.8, 4) is 11.5 Å². The molecule has 1 atom stereocenters. The van der Waals surface area contributed by atoms with Gasteiger partial charge in [0, 0.05) is 36.4 Å². The van der Waals surface area contributed by atoms with Crippen molar-refractivity contribution in [2.45, 2.75) is 39.0 Å². The van der Waals surface area contributed by atoms with Gasteiger partial charge in [-0.15, -0.1) is 0 Å². The minimum absolute atomic E-state index is 0.0521. The van der Waals surface area contributed by atoms with Crippen LogP contribution in [0.2, 0.25) is 0 Å². The summed E-state index contributed by atoms with van der Waals surface area (Å²) in [6.45, 7) is 4.70. The fourth-order valence-electron chi connectivity index (χ4n) is 4.02. The number of esters is 1. The van der Waals surface area contributed by atoms with Crippen LogP contribution in [-0.2, 0) is 19.1 Å². The zero-order chi connectivity index (χ0) is 21.7. The number of nitrogens with one attached hydrogen (secondary N) is 1. The van der Waals surface area contributed by atoms with Crippen molar-refractivity contribution < 1.29 is 28.5 Å². The van der Waals surface area contributed by atoms with Crippen LogP contribution in [0.25, 0.3) is 0 Å². The number of hydrogen-bond donors (Lipinski definition) is 1. The van der Waals surface area contributed by atoms with E-state index >= 15 is 0 Å². The summed E-state index contributed by atoms with van der Waals surface area (Å²) in [7, 11) is 3.12. The van der Waals surface area contributed by atoms with Crippen molar-refractivity contribution in [1.29, 1.82) is 0 Å². The van der Waals surface area contributed by atoms with E-state index < -0.39 is 11.9 Å². The number of benzene rings is 1. The largest absolute Gasteiger partial charge is 0.493 e. The Morgan fingerprint density at radius 3 is 2.67 bits per heavy atom. The van der Waals surface area contributed by atoms with Gasteiger partial charge in [-0.2, -0.15) is 0 Å². The van der Waals surface area contributed by atoms with Gasteiger partial charge in [-0.05, 0) is 44.4 Å². The number of allylic oxidation sites excluding steroid dienone is 3. The number of methoxy groups -OCH3 is 2. The minimum Gasteiger partial charge on any atom is -0.493 e. The Hall–Kier alpha value is -2.80. The van der Waals surface area contributed by atoms with E-state index in [1.165, 1.54) is 0 Å². The van der Waals surface area contributed by atoms with Crippen LogP contribution in [0.3, 0.4) is 0 Å². The Kier molecular flexibility index (Phi) is 7.15. The molecule has 3 rings (SSSR count). The number of Topliss-reactive ketones (excluding diaryl/α,β-unsaturated/α-hetero) is 1. The lowest BCUT2D eigenvalue weighted by Gasteiger charge is -2.34. The third-order valence-electron chi connectivity index (χ3n) is 5.34. The highest BCUT2D eigenvalue weighted by Crippen LogP contribution is 2.44. The average molecular weight is 415 g/mol. The molecule has 1 heterocycles. The van der Waals surface area contributed by atoms with Crippen LogP contribution in [0, 0.1) is 0 Å². The average Bonchev–Trinajstić information content (AvgIpc) is 2.73. The maximum atomic E-state index is 13.0. The summed E-state index contributed by atoms with van der Waals surface area (Å²) in [4.78, 5) is 25.9. The minimum atomic E-state index is -0.520. The molecule has 1 unspecified atom stereocenters. The molecule has 0 saturated carbocycles. The predicted molar refractivity (Wildman–Crippen MR) is 111 cm³/mol. The molecule has 0 saturated heterocycles. The van der Waals surface area contributed by atoms with E-state index in [4.69, 9.17) is 18.9 Å². The monoisotopic (exact) mass is 415 g/mol. The van der Waals surface area contributed by atoms with Crippen LogP contribution in [0.5, 0.6) is 11.5 Å². The lowest BCUT2D eigenvalue weighted by Crippen LogP contribution is -2.34. The Morgan fingerprint density at radius 1 is 1.17 bits per heavy atom. The zero-order valence-electron chi connectivity index (χ0n) is 18.0. The molecular formula is C23H29NO6. The first kappa shape index (κ1) is 21.9. The molecule has 0 amide bonds. The standard InChI is InChI=1S/C23H29NO6/c1-5-29-18-10-9-15(13-19(18)28-4)21-20(23(26)30-12-11-27-3)14(2)24-16-7-6-8-17(25)22(16)21/h9-10,13,21,24H,5-8,11-12H2,1-4H3. The van der Waals surface area contributed by atoms with Crippen molar-refractivity contribution in [3.63, 3.8) is 0 Å². The van der Waals surface area contributed by atoms with Crippen molar-refractivity contribution >= 4 is 11.8 Å². The van der Waals surface area contributed by atoms with Gasteiger partial charge in [-0.3, -0.25) is 4.79 Å². The van der Waals surface area contributed by atoms with Gasteiger partial charge in [0.1, 0.15) is 6.61 Å². The van der Waals surface area contributed by atoms with E-state index in [9.17, 15) is 9.59 Å². The van der Waals surface area contributed by atoms with Crippen molar-refractivity contribution in [1.82, 2.24) is 5.32 Å². The molecule has 1 aliphatic carbocycles. The molecule has 0 radical (unpaired) electrons. The quantitative estimate of drug-likeness (QED) is 0.515. The highest BCUT2D eigenvalue weighted by molar-refractivity contribution is 6.03. The van der Waals surface area contributed by atoms with Gasteiger partial charge >= 0.3 is 5.97 Å². The number of rotatable bonds is 8. The second-order valence-corrected chi connectivity index (χ2v) is 7.24. The van der Waals surface area contributed by atoms with E-state index in [0.717, 1.165) is 24.1 Å². The molecule has 162 valence electrons. The van der Waals surface area contributed by atoms with E-state index in [1.54, 1.807) is 14.2 Å². The molecular weight excluding hydrogens is 386 g/mol. The molecule has 1 N–H and O–H groups in total.